The maximum atomic E-state index is 5.76. The fraction of sp³-hybridized carbons (Fsp3) is 0.182. The number of thiophene rings is 1. The highest BCUT2D eigenvalue weighted by atomic mass is 32.1. The standard InChI is InChI=1S/C11H11N5S/c1-6-3-16(15-10(6)12)11-9-8(13-5-14-11)7(2)4-17-9/h3-5H,1-2H3,(H2,12,15). The molecule has 0 aromatic carbocycles. The van der Waals surface area contributed by atoms with E-state index in [0.717, 1.165) is 27.2 Å². The molecule has 0 atom stereocenters. The molecule has 2 N–H and O–H groups in total. The molecule has 0 unspecified atom stereocenters. The van der Waals surface area contributed by atoms with Crippen molar-refractivity contribution in [3.05, 3.63) is 29.0 Å². The highest BCUT2D eigenvalue weighted by molar-refractivity contribution is 7.17. The summed E-state index contributed by atoms with van der Waals surface area (Å²) in [5.74, 6) is 1.32. The van der Waals surface area contributed by atoms with Crippen LogP contribution in [-0.4, -0.2) is 19.7 Å². The number of aryl methyl sites for hydroxylation is 2. The number of nitrogens with two attached hydrogens (primary N) is 1. The lowest BCUT2D eigenvalue weighted by molar-refractivity contribution is 0.857. The molecular weight excluding hydrogens is 234 g/mol. The highest BCUT2D eigenvalue weighted by Gasteiger charge is 2.11. The quantitative estimate of drug-likeness (QED) is 0.712. The van der Waals surface area contributed by atoms with Crippen molar-refractivity contribution < 1.29 is 0 Å². The zero-order valence-electron chi connectivity index (χ0n) is 9.51. The van der Waals surface area contributed by atoms with Gasteiger partial charge >= 0.3 is 0 Å². The first-order chi connectivity index (χ1) is 8.16. The molecule has 0 aliphatic rings. The Bertz CT molecular complexity index is 678. The van der Waals surface area contributed by atoms with Gasteiger partial charge in [0.1, 0.15) is 12.1 Å². The molecule has 0 saturated carbocycles. The molecule has 0 bridgehead atoms. The lowest BCUT2D eigenvalue weighted by atomic mass is 10.3. The van der Waals surface area contributed by atoms with Crippen LogP contribution in [-0.2, 0) is 0 Å². The summed E-state index contributed by atoms with van der Waals surface area (Å²) in [5.41, 5.74) is 8.84. The van der Waals surface area contributed by atoms with Crippen molar-refractivity contribution in [3.8, 4) is 5.82 Å². The van der Waals surface area contributed by atoms with Gasteiger partial charge in [-0.05, 0) is 24.8 Å². The number of aromatic nitrogens is 4. The van der Waals surface area contributed by atoms with E-state index in [2.05, 4.69) is 20.4 Å². The average Bonchev–Trinajstić information content (AvgIpc) is 2.84. The SMILES string of the molecule is Cc1cn(-c2ncnc3c(C)csc23)nc1N. The molecule has 3 aromatic heterocycles. The van der Waals surface area contributed by atoms with Gasteiger partial charge in [0.15, 0.2) is 5.82 Å². The van der Waals surface area contributed by atoms with Gasteiger partial charge < -0.3 is 5.73 Å². The minimum Gasteiger partial charge on any atom is -0.382 e. The molecule has 17 heavy (non-hydrogen) atoms. The maximum Gasteiger partial charge on any atom is 0.174 e. The Morgan fingerprint density at radius 1 is 1.24 bits per heavy atom. The third-order valence-electron chi connectivity index (χ3n) is 2.66. The van der Waals surface area contributed by atoms with Gasteiger partial charge in [-0.3, -0.25) is 0 Å². The van der Waals surface area contributed by atoms with E-state index in [1.54, 1.807) is 22.3 Å². The van der Waals surface area contributed by atoms with E-state index >= 15 is 0 Å². The Morgan fingerprint density at radius 2 is 2.06 bits per heavy atom. The lowest BCUT2D eigenvalue weighted by Gasteiger charge is -2.00. The topological polar surface area (TPSA) is 69.6 Å². The first-order valence-corrected chi connectivity index (χ1v) is 6.05. The molecule has 3 rings (SSSR count). The third kappa shape index (κ3) is 1.49. The van der Waals surface area contributed by atoms with Crippen molar-refractivity contribution in [2.75, 3.05) is 5.73 Å². The van der Waals surface area contributed by atoms with Crippen LogP contribution >= 0.6 is 11.3 Å². The Balaban J connectivity index is 2.30. The van der Waals surface area contributed by atoms with E-state index < -0.39 is 0 Å². The summed E-state index contributed by atoms with van der Waals surface area (Å²) < 4.78 is 2.75. The average molecular weight is 245 g/mol. The summed E-state index contributed by atoms with van der Waals surface area (Å²) in [6.07, 6.45) is 3.44. The number of fused-ring (bicyclic) bond motifs is 1. The van der Waals surface area contributed by atoms with Crippen LogP contribution in [0.1, 0.15) is 11.1 Å². The van der Waals surface area contributed by atoms with E-state index in [1.807, 2.05) is 20.0 Å². The predicted octanol–water partition coefficient (Wildman–Crippen LogP) is 2.08. The van der Waals surface area contributed by atoms with Crippen LogP contribution in [0.2, 0.25) is 0 Å². The van der Waals surface area contributed by atoms with Crippen LogP contribution < -0.4 is 5.73 Å². The molecule has 0 aliphatic carbocycles. The van der Waals surface area contributed by atoms with Gasteiger partial charge in [-0.15, -0.1) is 16.4 Å². The second-order valence-corrected chi connectivity index (χ2v) is 4.82. The van der Waals surface area contributed by atoms with Crippen LogP contribution in [0.4, 0.5) is 5.82 Å². The zero-order valence-corrected chi connectivity index (χ0v) is 10.3. The molecule has 0 saturated heterocycles. The largest absolute Gasteiger partial charge is 0.382 e. The normalized spacial score (nSPS) is 11.2. The molecule has 6 heteroatoms. The van der Waals surface area contributed by atoms with E-state index in [1.165, 1.54) is 0 Å². The van der Waals surface area contributed by atoms with Crippen molar-refractivity contribution in [2.24, 2.45) is 0 Å². The van der Waals surface area contributed by atoms with E-state index in [4.69, 9.17) is 5.73 Å². The molecule has 86 valence electrons. The molecule has 0 aliphatic heterocycles. The molecule has 0 spiro atoms. The number of anilines is 1. The van der Waals surface area contributed by atoms with Crippen molar-refractivity contribution in [3.63, 3.8) is 0 Å². The number of hydrogen-bond donors (Lipinski definition) is 1. The summed E-state index contributed by atoms with van der Waals surface area (Å²) in [4.78, 5) is 8.57. The van der Waals surface area contributed by atoms with Crippen LogP contribution in [0.25, 0.3) is 16.0 Å². The van der Waals surface area contributed by atoms with Crippen LogP contribution in [0, 0.1) is 13.8 Å². The number of hydrogen-bond acceptors (Lipinski definition) is 5. The van der Waals surface area contributed by atoms with Crippen LogP contribution in [0.15, 0.2) is 17.9 Å². The summed E-state index contributed by atoms with van der Waals surface area (Å²) in [6.45, 7) is 3.97. The zero-order chi connectivity index (χ0) is 12.0. The summed E-state index contributed by atoms with van der Waals surface area (Å²) in [7, 11) is 0. The van der Waals surface area contributed by atoms with Gasteiger partial charge in [-0.1, -0.05) is 0 Å². The van der Waals surface area contributed by atoms with E-state index in [0.29, 0.717) is 5.82 Å². The van der Waals surface area contributed by atoms with Gasteiger partial charge in [0, 0.05) is 11.8 Å². The van der Waals surface area contributed by atoms with Crippen LogP contribution in [0.5, 0.6) is 0 Å². The summed E-state index contributed by atoms with van der Waals surface area (Å²) in [6, 6.07) is 0. The summed E-state index contributed by atoms with van der Waals surface area (Å²) >= 11 is 1.62. The Morgan fingerprint density at radius 3 is 2.76 bits per heavy atom. The summed E-state index contributed by atoms with van der Waals surface area (Å²) in [5, 5.41) is 6.32. The van der Waals surface area contributed by atoms with Crippen molar-refractivity contribution in [2.45, 2.75) is 13.8 Å². The van der Waals surface area contributed by atoms with E-state index in [-0.39, 0.29) is 0 Å². The van der Waals surface area contributed by atoms with Gasteiger partial charge in [-0.25, -0.2) is 14.6 Å². The number of nitrogens with zero attached hydrogens (tertiary/aromatic N) is 4. The van der Waals surface area contributed by atoms with Gasteiger partial charge in [-0.2, -0.15) is 0 Å². The highest BCUT2D eigenvalue weighted by Crippen LogP contribution is 2.27. The van der Waals surface area contributed by atoms with Crippen molar-refractivity contribution >= 4 is 27.4 Å². The monoisotopic (exact) mass is 245 g/mol. The fourth-order valence-corrected chi connectivity index (χ4v) is 2.69. The van der Waals surface area contributed by atoms with Crippen molar-refractivity contribution in [1.82, 2.24) is 19.7 Å². The maximum absolute atomic E-state index is 5.76. The number of rotatable bonds is 1. The smallest absolute Gasteiger partial charge is 0.174 e. The number of nitrogen functional groups attached to an aromatic ring is 1. The minimum atomic E-state index is 0.532. The Labute approximate surface area is 102 Å². The Hall–Kier alpha value is -1.95. The third-order valence-corrected chi connectivity index (χ3v) is 3.75. The molecule has 3 aromatic rings. The second kappa shape index (κ2) is 3.53. The van der Waals surface area contributed by atoms with Crippen LogP contribution in [0.3, 0.4) is 0 Å². The van der Waals surface area contributed by atoms with E-state index in [9.17, 15) is 0 Å². The van der Waals surface area contributed by atoms with Crippen molar-refractivity contribution in [1.29, 1.82) is 0 Å². The van der Waals surface area contributed by atoms with Gasteiger partial charge in [0.25, 0.3) is 0 Å². The fourth-order valence-electron chi connectivity index (χ4n) is 1.70. The molecule has 0 fully saturated rings. The van der Waals surface area contributed by atoms with Gasteiger partial charge in [0.05, 0.1) is 10.2 Å². The first-order valence-electron chi connectivity index (χ1n) is 5.17. The second-order valence-electron chi connectivity index (χ2n) is 3.94. The molecule has 0 radical (unpaired) electrons. The minimum absolute atomic E-state index is 0.532. The Kier molecular flexibility index (Phi) is 2.12. The lowest BCUT2D eigenvalue weighted by Crippen LogP contribution is -2.00. The first kappa shape index (κ1) is 10.2. The molecule has 3 heterocycles. The molecular formula is C11H11N5S. The molecule has 5 nitrogen and oxygen atoms in total. The van der Waals surface area contributed by atoms with Gasteiger partial charge in [0.2, 0.25) is 0 Å². The molecule has 0 amide bonds. The predicted molar refractivity (Wildman–Crippen MR) is 68.4 cm³/mol.